The molecule has 1 aromatic rings. The number of ketones is 2. The van der Waals surface area contributed by atoms with Crippen molar-refractivity contribution in [3.05, 3.63) is 45.7 Å². The van der Waals surface area contributed by atoms with E-state index in [1.165, 1.54) is 4.90 Å². The molecule has 3 unspecified atom stereocenters. The maximum atomic E-state index is 13.9. The highest BCUT2D eigenvalue weighted by molar-refractivity contribution is 6.28. The molecule has 0 bridgehead atoms. The maximum Gasteiger partial charge on any atom is 0.255 e. The Morgan fingerprint density at radius 3 is 2.25 bits per heavy atom. The van der Waals surface area contributed by atoms with E-state index in [1.807, 2.05) is 20.8 Å². The highest BCUT2D eigenvalue weighted by Crippen LogP contribution is 2.54. The molecule has 2 amide bonds. The lowest BCUT2D eigenvalue weighted by Gasteiger charge is -2.50. The van der Waals surface area contributed by atoms with Crippen molar-refractivity contribution in [1.29, 1.82) is 0 Å². The van der Waals surface area contributed by atoms with Crippen molar-refractivity contribution in [2.45, 2.75) is 64.1 Å². The van der Waals surface area contributed by atoms with Gasteiger partial charge in [0.2, 0.25) is 5.91 Å². The van der Waals surface area contributed by atoms with Gasteiger partial charge in [-0.15, -0.1) is 0 Å². The molecule has 11 nitrogen and oxygen atoms in total. The number of likely N-dealkylation sites (N-methyl/N-ethyl adjacent to an activating group) is 1. The molecule has 7 N–H and O–H groups in total. The Morgan fingerprint density at radius 2 is 1.70 bits per heavy atom. The third-order valence-corrected chi connectivity index (χ3v) is 8.21. The number of Topliss-reactive ketones (excluding diaryl/α,β-unsaturated/α-hetero) is 2. The Kier molecular flexibility index (Phi) is 7.35. The molecule has 216 valence electrons. The monoisotopic (exact) mass is 555 g/mol. The molecule has 1 saturated carbocycles. The number of nitrogens with two attached hydrogens (primary N) is 1. The average Bonchev–Trinajstić information content (AvgIpc) is 2.81. The van der Waals surface area contributed by atoms with Gasteiger partial charge in [0.1, 0.15) is 22.8 Å². The van der Waals surface area contributed by atoms with Crippen LogP contribution in [0.5, 0.6) is 5.75 Å². The SMILES string of the molecule is C[C@H]1c2ccc(CCC(=O)NC(C)(C)C)c(O)c2C(O)=C2C(=O)C3C(=O)C(C(N)=O)=C(O)[C@@H](N(C)C)C3[C@@H](O)C21. The minimum Gasteiger partial charge on any atom is -0.510 e. The summed E-state index contributed by atoms with van der Waals surface area (Å²) in [6.07, 6.45) is -1.14. The normalized spacial score (nSPS) is 28.3. The van der Waals surface area contributed by atoms with Crippen molar-refractivity contribution in [3.8, 4) is 5.75 Å². The van der Waals surface area contributed by atoms with Crippen LogP contribution in [0.15, 0.2) is 29.0 Å². The minimum absolute atomic E-state index is 0.00686. The van der Waals surface area contributed by atoms with E-state index in [1.54, 1.807) is 33.2 Å². The van der Waals surface area contributed by atoms with E-state index in [9.17, 15) is 39.6 Å². The van der Waals surface area contributed by atoms with E-state index in [2.05, 4.69) is 5.32 Å². The number of nitrogens with one attached hydrogen (secondary N) is 1. The number of benzene rings is 1. The first kappa shape index (κ1) is 29.3. The van der Waals surface area contributed by atoms with Crippen molar-refractivity contribution < 1.29 is 39.6 Å². The van der Waals surface area contributed by atoms with Crippen molar-refractivity contribution >= 4 is 29.1 Å². The number of carbonyl (C=O) groups is 4. The van der Waals surface area contributed by atoms with Gasteiger partial charge in [-0.25, -0.2) is 0 Å². The summed E-state index contributed by atoms with van der Waals surface area (Å²) in [7, 11) is 3.15. The molecule has 3 aliphatic carbocycles. The van der Waals surface area contributed by atoms with E-state index in [0.29, 0.717) is 11.1 Å². The molecule has 11 heteroatoms. The lowest BCUT2D eigenvalue weighted by atomic mass is 9.56. The number of aliphatic hydroxyl groups is 3. The van der Waals surface area contributed by atoms with Crippen LogP contribution >= 0.6 is 0 Å². The number of phenolic OH excluding ortho intramolecular Hbond substituents is 1. The first-order valence-corrected chi connectivity index (χ1v) is 13.2. The molecule has 0 aliphatic heterocycles. The summed E-state index contributed by atoms with van der Waals surface area (Å²) in [6.45, 7) is 7.29. The van der Waals surface area contributed by atoms with Crippen LogP contribution < -0.4 is 11.1 Å². The van der Waals surface area contributed by atoms with Crippen LogP contribution in [0.3, 0.4) is 0 Å². The van der Waals surface area contributed by atoms with E-state index in [4.69, 9.17) is 5.73 Å². The first-order valence-electron chi connectivity index (χ1n) is 13.2. The molecule has 0 heterocycles. The highest BCUT2D eigenvalue weighted by Gasteiger charge is 2.60. The molecule has 3 aliphatic rings. The van der Waals surface area contributed by atoms with E-state index in [0.717, 1.165) is 0 Å². The lowest BCUT2D eigenvalue weighted by Crippen LogP contribution is -2.61. The van der Waals surface area contributed by atoms with Crippen LogP contribution in [0.4, 0.5) is 0 Å². The van der Waals surface area contributed by atoms with Gasteiger partial charge in [-0.2, -0.15) is 0 Å². The fraction of sp³-hybridized carbons (Fsp3) is 0.517. The molecule has 40 heavy (non-hydrogen) atoms. The predicted octanol–water partition coefficient (Wildman–Crippen LogP) is 1.23. The summed E-state index contributed by atoms with van der Waals surface area (Å²) in [5.41, 5.74) is 4.90. The summed E-state index contributed by atoms with van der Waals surface area (Å²) >= 11 is 0. The maximum absolute atomic E-state index is 13.9. The molecule has 6 atom stereocenters. The van der Waals surface area contributed by atoms with Crippen LogP contribution in [0.1, 0.15) is 56.7 Å². The molecule has 0 radical (unpaired) electrons. The molecule has 0 aromatic heterocycles. The second-order valence-corrected chi connectivity index (χ2v) is 12.2. The molecular formula is C29H37N3O8. The lowest BCUT2D eigenvalue weighted by molar-refractivity contribution is -0.144. The minimum atomic E-state index is -1.57. The van der Waals surface area contributed by atoms with Crippen molar-refractivity contribution in [2.75, 3.05) is 14.1 Å². The quantitative estimate of drug-likeness (QED) is 0.229. The van der Waals surface area contributed by atoms with Crippen LogP contribution in [0, 0.1) is 17.8 Å². The van der Waals surface area contributed by atoms with Gasteiger partial charge in [-0.1, -0.05) is 19.1 Å². The van der Waals surface area contributed by atoms with E-state index >= 15 is 0 Å². The number of primary amides is 1. The predicted molar refractivity (Wildman–Crippen MR) is 145 cm³/mol. The van der Waals surface area contributed by atoms with Gasteiger partial charge in [-0.05, 0) is 58.3 Å². The summed E-state index contributed by atoms with van der Waals surface area (Å²) < 4.78 is 0. The smallest absolute Gasteiger partial charge is 0.255 e. The summed E-state index contributed by atoms with van der Waals surface area (Å²) in [6, 6.07) is 2.27. The van der Waals surface area contributed by atoms with Gasteiger partial charge in [0.25, 0.3) is 5.91 Å². The third-order valence-electron chi connectivity index (χ3n) is 8.21. The van der Waals surface area contributed by atoms with Gasteiger partial charge < -0.3 is 31.5 Å². The Bertz CT molecular complexity index is 1370. The fourth-order valence-corrected chi connectivity index (χ4v) is 6.58. The number of rotatable bonds is 5. The standard InChI is InChI=1S/C29H37N3O8/c1-11-13-9-7-12(8-10-14(33)31-29(2,3)4)22(34)16(13)24(36)18-15(11)23(35)17-19(25(18)37)26(38)20(28(30)40)27(39)21(17)32(5)6/h7,9,11,15,17,19,21,23,34-36,39H,8,10H2,1-6H3,(H2,30,40)(H,31,33)/t11-,15?,17?,19?,21-,23-/m0/s1. The number of aliphatic hydroxyl groups excluding tert-OH is 3. The van der Waals surface area contributed by atoms with E-state index < -0.39 is 75.9 Å². The summed E-state index contributed by atoms with van der Waals surface area (Å²) in [5.74, 6) is -8.91. The van der Waals surface area contributed by atoms with Gasteiger partial charge in [0, 0.05) is 29.4 Å². The van der Waals surface area contributed by atoms with Crippen LogP contribution in [-0.2, 0) is 25.6 Å². The molecule has 4 rings (SSSR count). The number of aryl methyl sites for hydroxylation is 1. The molecule has 0 spiro atoms. The average molecular weight is 556 g/mol. The zero-order valence-electron chi connectivity index (χ0n) is 23.5. The fourth-order valence-electron chi connectivity index (χ4n) is 6.58. The van der Waals surface area contributed by atoms with Crippen LogP contribution in [0.25, 0.3) is 5.76 Å². The number of aromatic hydroxyl groups is 1. The van der Waals surface area contributed by atoms with Gasteiger partial charge in [0.15, 0.2) is 11.6 Å². The number of fused-ring (bicyclic) bond motifs is 3. The zero-order chi connectivity index (χ0) is 30.0. The molecule has 1 aromatic carbocycles. The number of phenols is 1. The van der Waals surface area contributed by atoms with Crippen LogP contribution in [-0.4, -0.2) is 80.5 Å². The number of nitrogens with zero attached hydrogens (tertiary/aromatic N) is 1. The number of carbonyl (C=O) groups excluding carboxylic acids is 4. The molecule has 0 saturated heterocycles. The first-order chi connectivity index (χ1) is 18.5. The molecule has 1 fully saturated rings. The van der Waals surface area contributed by atoms with Crippen molar-refractivity contribution in [1.82, 2.24) is 10.2 Å². The van der Waals surface area contributed by atoms with Crippen molar-refractivity contribution in [3.63, 3.8) is 0 Å². The summed E-state index contributed by atoms with van der Waals surface area (Å²) in [4.78, 5) is 53.2. The van der Waals surface area contributed by atoms with E-state index in [-0.39, 0.29) is 35.6 Å². The van der Waals surface area contributed by atoms with Crippen molar-refractivity contribution in [2.24, 2.45) is 23.5 Å². The topological polar surface area (TPSA) is 190 Å². The number of amides is 2. The van der Waals surface area contributed by atoms with Gasteiger partial charge >= 0.3 is 0 Å². The molecular weight excluding hydrogens is 518 g/mol. The second kappa shape index (κ2) is 10.0. The number of hydrogen-bond acceptors (Lipinski definition) is 9. The number of hydrogen-bond donors (Lipinski definition) is 6. The van der Waals surface area contributed by atoms with Gasteiger partial charge in [0.05, 0.1) is 23.6 Å². The Morgan fingerprint density at radius 1 is 1.07 bits per heavy atom. The Balaban J connectivity index is 1.81. The third kappa shape index (κ3) is 4.56. The Labute approximate surface area is 232 Å². The zero-order valence-corrected chi connectivity index (χ0v) is 23.5. The summed E-state index contributed by atoms with van der Waals surface area (Å²) in [5, 5.41) is 47.9. The Hall–Kier alpha value is -3.70. The van der Waals surface area contributed by atoms with Crippen LogP contribution in [0.2, 0.25) is 0 Å². The van der Waals surface area contributed by atoms with Gasteiger partial charge in [-0.3, -0.25) is 24.1 Å². The highest BCUT2D eigenvalue weighted by atomic mass is 16.3. The largest absolute Gasteiger partial charge is 0.510 e. The second-order valence-electron chi connectivity index (χ2n) is 12.2.